The Bertz CT molecular complexity index is 642. The summed E-state index contributed by atoms with van der Waals surface area (Å²) in [6.45, 7) is 8.22. The van der Waals surface area contributed by atoms with E-state index in [4.69, 9.17) is 14.2 Å². The number of carbonyl (C=O) groups is 1. The smallest absolute Gasteiger partial charge is 0.410 e. The van der Waals surface area contributed by atoms with Crippen LogP contribution in [0, 0.1) is 6.92 Å². The maximum Gasteiger partial charge on any atom is 0.410 e. The van der Waals surface area contributed by atoms with Crippen LogP contribution in [0.4, 0.5) is 4.79 Å². The molecule has 3 heterocycles. The summed E-state index contributed by atoms with van der Waals surface area (Å²) in [5.41, 5.74) is 1.51. The van der Waals surface area contributed by atoms with Crippen LogP contribution in [-0.4, -0.2) is 46.9 Å². The standard InChI is InChI=1S/C20H30N2O4/c1-13-8-14(12-24-5)9-18(21-13)25-17-10-15-6-7-16(11-17)22(15)19(23)26-20(2,3)4/h8-9,15-17H,6-7,10-12H2,1-5H3/t15-,16+,17?. The number of carbonyl (C=O) groups excluding carboxylic acids is 1. The highest BCUT2D eigenvalue weighted by Gasteiger charge is 2.45. The van der Waals surface area contributed by atoms with Crippen LogP contribution in [0.3, 0.4) is 0 Å². The third-order valence-electron chi connectivity index (χ3n) is 4.88. The molecular weight excluding hydrogens is 332 g/mol. The normalized spacial score (nSPS) is 25.3. The lowest BCUT2D eigenvalue weighted by atomic mass is 10.00. The SMILES string of the molecule is COCc1cc(C)nc(OC2C[C@H]3CC[C@@H](C2)N3C(=O)OC(C)(C)C)c1. The van der Waals surface area contributed by atoms with Crippen LogP contribution in [0.1, 0.15) is 57.7 Å². The van der Waals surface area contributed by atoms with Gasteiger partial charge in [-0.05, 0) is 52.2 Å². The van der Waals surface area contributed by atoms with Gasteiger partial charge in [0.05, 0.1) is 6.61 Å². The van der Waals surface area contributed by atoms with Crippen molar-refractivity contribution < 1.29 is 19.0 Å². The van der Waals surface area contributed by atoms with Crippen molar-refractivity contribution in [3.63, 3.8) is 0 Å². The molecule has 0 saturated carbocycles. The Morgan fingerprint density at radius 3 is 2.46 bits per heavy atom. The average molecular weight is 362 g/mol. The van der Waals surface area contributed by atoms with E-state index in [0.29, 0.717) is 12.5 Å². The van der Waals surface area contributed by atoms with Crippen molar-refractivity contribution in [1.29, 1.82) is 0 Å². The van der Waals surface area contributed by atoms with E-state index in [1.807, 2.05) is 44.7 Å². The first kappa shape index (κ1) is 19.0. The average Bonchev–Trinajstić information content (AvgIpc) is 2.77. The monoisotopic (exact) mass is 362 g/mol. The minimum atomic E-state index is -0.465. The number of hydrogen-bond donors (Lipinski definition) is 0. The fraction of sp³-hybridized carbons (Fsp3) is 0.700. The second-order valence-electron chi connectivity index (χ2n) is 8.37. The van der Waals surface area contributed by atoms with Gasteiger partial charge in [0, 0.05) is 43.8 Å². The largest absolute Gasteiger partial charge is 0.474 e. The van der Waals surface area contributed by atoms with E-state index in [1.54, 1.807) is 7.11 Å². The number of hydrogen-bond acceptors (Lipinski definition) is 5. The van der Waals surface area contributed by atoms with Crippen molar-refractivity contribution in [2.45, 2.75) is 83.8 Å². The Labute approximate surface area is 155 Å². The lowest BCUT2D eigenvalue weighted by Gasteiger charge is -2.39. The van der Waals surface area contributed by atoms with Gasteiger partial charge in [0.1, 0.15) is 11.7 Å². The Morgan fingerprint density at radius 2 is 1.88 bits per heavy atom. The lowest BCUT2D eigenvalue weighted by molar-refractivity contribution is -0.00762. The molecule has 2 bridgehead atoms. The number of rotatable bonds is 4. The van der Waals surface area contributed by atoms with Gasteiger partial charge in [-0.3, -0.25) is 0 Å². The van der Waals surface area contributed by atoms with Gasteiger partial charge in [-0.1, -0.05) is 0 Å². The Balaban J connectivity index is 1.65. The molecule has 3 rings (SSSR count). The highest BCUT2D eigenvalue weighted by Crippen LogP contribution is 2.38. The Morgan fingerprint density at radius 1 is 1.23 bits per heavy atom. The Hall–Kier alpha value is -1.82. The molecule has 6 heteroatoms. The number of ether oxygens (including phenoxy) is 3. The molecule has 0 N–H and O–H groups in total. The second kappa shape index (κ2) is 7.43. The molecule has 1 unspecified atom stereocenters. The maximum atomic E-state index is 12.5. The van der Waals surface area contributed by atoms with Gasteiger partial charge in [0.15, 0.2) is 0 Å². The third-order valence-corrected chi connectivity index (χ3v) is 4.88. The Kier molecular flexibility index (Phi) is 5.42. The number of pyridine rings is 1. The number of aryl methyl sites for hydroxylation is 1. The van der Waals surface area contributed by atoms with Crippen molar-refractivity contribution in [3.05, 3.63) is 23.4 Å². The molecule has 2 saturated heterocycles. The number of fused-ring (bicyclic) bond motifs is 2. The van der Waals surface area contributed by atoms with E-state index in [2.05, 4.69) is 4.98 Å². The molecule has 1 aromatic heterocycles. The van der Waals surface area contributed by atoms with E-state index in [1.165, 1.54) is 0 Å². The molecule has 2 fully saturated rings. The molecular formula is C20H30N2O4. The first-order chi connectivity index (χ1) is 12.2. The van der Waals surface area contributed by atoms with Crippen LogP contribution in [0.25, 0.3) is 0 Å². The van der Waals surface area contributed by atoms with E-state index in [0.717, 1.165) is 36.9 Å². The fourth-order valence-electron chi connectivity index (χ4n) is 4.02. The molecule has 2 aliphatic heterocycles. The summed E-state index contributed by atoms with van der Waals surface area (Å²) < 4.78 is 17.0. The van der Waals surface area contributed by atoms with Gasteiger partial charge in [-0.2, -0.15) is 0 Å². The quantitative estimate of drug-likeness (QED) is 0.814. The summed E-state index contributed by atoms with van der Waals surface area (Å²) in [5.74, 6) is 0.646. The molecule has 1 aromatic rings. The molecule has 26 heavy (non-hydrogen) atoms. The van der Waals surface area contributed by atoms with Crippen molar-refractivity contribution in [2.24, 2.45) is 0 Å². The molecule has 0 radical (unpaired) electrons. The van der Waals surface area contributed by atoms with Crippen molar-refractivity contribution in [3.8, 4) is 5.88 Å². The summed E-state index contributed by atoms with van der Waals surface area (Å²) >= 11 is 0. The zero-order valence-corrected chi connectivity index (χ0v) is 16.4. The first-order valence-corrected chi connectivity index (χ1v) is 9.39. The zero-order valence-electron chi connectivity index (χ0n) is 16.4. The molecule has 1 amide bonds. The topological polar surface area (TPSA) is 60.9 Å². The lowest BCUT2D eigenvalue weighted by Crippen LogP contribution is -2.50. The maximum absolute atomic E-state index is 12.5. The predicted molar refractivity (Wildman–Crippen MR) is 98.2 cm³/mol. The molecule has 0 aromatic carbocycles. The molecule has 2 aliphatic rings. The number of aromatic nitrogens is 1. The van der Waals surface area contributed by atoms with Crippen LogP contribution in [-0.2, 0) is 16.1 Å². The van der Waals surface area contributed by atoms with Crippen molar-refractivity contribution >= 4 is 6.09 Å². The van der Waals surface area contributed by atoms with Crippen LogP contribution >= 0.6 is 0 Å². The molecule has 0 aliphatic carbocycles. The summed E-state index contributed by atoms with van der Waals surface area (Å²) in [5, 5.41) is 0. The number of amides is 1. The number of nitrogens with zero attached hydrogens (tertiary/aromatic N) is 2. The van der Waals surface area contributed by atoms with Crippen LogP contribution in [0.5, 0.6) is 5.88 Å². The summed E-state index contributed by atoms with van der Waals surface area (Å²) in [6, 6.07) is 4.33. The predicted octanol–water partition coefficient (Wildman–Crippen LogP) is 3.85. The highest BCUT2D eigenvalue weighted by atomic mass is 16.6. The van der Waals surface area contributed by atoms with Gasteiger partial charge in [0.2, 0.25) is 5.88 Å². The van der Waals surface area contributed by atoms with Gasteiger partial charge in [-0.25, -0.2) is 9.78 Å². The summed E-state index contributed by atoms with van der Waals surface area (Å²) in [7, 11) is 1.68. The van der Waals surface area contributed by atoms with E-state index < -0.39 is 5.60 Å². The molecule has 6 nitrogen and oxygen atoms in total. The fourth-order valence-corrected chi connectivity index (χ4v) is 4.02. The molecule has 0 spiro atoms. The minimum absolute atomic E-state index is 0.0795. The van der Waals surface area contributed by atoms with Crippen molar-refractivity contribution in [1.82, 2.24) is 9.88 Å². The van der Waals surface area contributed by atoms with E-state index >= 15 is 0 Å². The number of piperidine rings is 1. The summed E-state index contributed by atoms with van der Waals surface area (Å²) in [6.07, 6.45) is 3.56. The van der Waals surface area contributed by atoms with E-state index in [9.17, 15) is 4.79 Å². The third kappa shape index (κ3) is 4.47. The highest BCUT2D eigenvalue weighted by molar-refractivity contribution is 5.69. The number of methoxy groups -OCH3 is 1. The van der Waals surface area contributed by atoms with Gasteiger partial charge in [0.25, 0.3) is 0 Å². The molecule has 3 atom stereocenters. The van der Waals surface area contributed by atoms with Crippen molar-refractivity contribution in [2.75, 3.05) is 7.11 Å². The van der Waals surface area contributed by atoms with E-state index in [-0.39, 0.29) is 24.3 Å². The second-order valence-corrected chi connectivity index (χ2v) is 8.37. The van der Waals surface area contributed by atoms with Gasteiger partial charge in [-0.15, -0.1) is 0 Å². The van der Waals surface area contributed by atoms with Crippen LogP contribution in [0.15, 0.2) is 12.1 Å². The summed E-state index contributed by atoms with van der Waals surface area (Å²) in [4.78, 5) is 19.0. The van der Waals surface area contributed by atoms with Gasteiger partial charge < -0.3 is 19.1 Å². The van der Waals surface area contributed by atoms with Crippen LogP contribution in [0.2, 0.25) is 0 Å². The first-order valence-electron chi connectivity index (χ1n) is 9.39. The molecule has 144 valence electrons. The minimum Gasteiger partial charge on any atom is -0.474 e. The van der Waals surface area contributed by atoms with Gasteiger partial charge >= 0.3 is 6.09 Å². The van der Waals surface area contributed by atoms with Crippen LogP contribution < -0.4 is 4.74 Å². The zero-order chi connectivity index (χ0) is 18.9.